The number of aromatic nitrogens is 4. The van der Waals surface area contributed by atoms with Crippen molar-refractivity contribution in [2.24, 2.45) is 0 Å². The van der Waals surface area contributed by atoms with Crippen molar-refractivity contribution in [3.8, 4) is 0 Å². The molecule has 0 spiro atoms. The maximum atomic E-state index is 12.5. The number of H-pyrrole nitrogens is 1. The molecule has 1 saturated heterocycles. The van der Waals surface area contributed by atoms with Gasteiger partial charge >= 0.3 is 0 Å². The Balaban J connectivity index is 1.47. The van der Waals surface area contributed by atoms with E-state index in [0.717, 1.165) is 22.6 Å². The maximum Gasteiger partial charge on any atom is 0.263 e. The lowest BCUT2D eigenvalue weighted by molar-refractivity contribution is 0.0935. The zero-order valence-corrected chi connectivity index (χ0v) is 18.0. The van der Waals surface area contributed by atoms with E-state index in [9.17, 15) is 9.59 Å². The highest BCUT2D eigenvalue weighted by molar-refractivity contribution is 7.13. The van der Waals surface area contributed by atoms with Crippen LogP contribution in [0.25, 0.3) is 11.0 Å². The molecule has 9 heteroatoms. The van der Waals surface area contributed by atoms with Gasteiger partial charge in [0.25, 0.3) is 11.5 Å². The molecule has 2 N–H and O–H groups in total. The van der Waals surface area contributed by atoms with Gasteiger partial charge in [-0.15, -0.1) is 11.3 Å². The number of aromatic amines is 1. The molecule has 0 bridgehead atoms. The van der Waals surface area contributed by atoms with Gasteiger partial charge in [-0.1, -0.05) is 0 Å². The van der Waals surface area contributed by atoms with Crippen molar-refractivity contribution < 1.29 is 4.79 Å². The third-order valence-corrected chi connectivity index (χ3v) is 6.15. The number of anilines is 1. The molecule has 4 heterocycles. The first kappa shape index (κ1) is 19.6. The summed E-state index contributed by atoms with van der Waals surface area (Å²) in [6, 6.07) is 3.95. The van der Waals surface area contributed by atoms with E-state index in [2.05, 4.69) is 20.3 Å². The zero-order valence-electron chi connectivity index (χ0n) is 17.2. The molecule has 0 unspecified atom stereocenters. The van der Waals surface area contributed by atoms with Gasteiger partial charge in [0.05, 0.1) is 16.6 Å². The monoisotopic (exact) mass is 414 g/mol. The van der Waals surface area contributed by atoms with Crippen molar-refractivity contribution in [3.05, 3.63) is 38.4 Å². The van der Waals surface area contributed by atoms with Gasteiger partial charge in [0, 0.05) is 24.0 Å². The summed E-state index contributed by atoms with van der Waals surface area (Å²) in [4.78, 5) is 36.4. The van der Waals surface area contributed by atoms with Gasteiger partial charge in [-0.2, -0.15) is 10.1 Å². The molecule has 0 aromatic carbocycles. The summed E-state index contributed by atoms with van der Waals surface area (Å²) in [5.74, 6) is 0.552. The molecular formula is C20H26N6O2S. The number of aryl methyl sites for hydroxylation is 1. The van der Waals surface area contributed by atoms with Crippen LogP contribution in [0.2, 0.25) is 0 Å². The molecule has 1 aliphatic heterocycles. The molecule has 0 radical (unpaired) electrons. The highest BCUT2D eigenvalue weighted by Crippen LogP contribution is 2.22. The largest absolute Gasteiger partial charge is 0.348 e. The van der Waals surface area contributed by atoms with Gasteiger partial charge in [0.1, 0.15) is 5.39 Å². The van der Waals surface area contributed by atoms with Gasteiger partial charge in [0.15, 0.2) is 5.65 Å². The summed E-state index contributed by atoms with van der Waals surface area (Å²) >= 11 is 1.51. The quantitative estimate of drug-likeness (QED) is 0.687. The number of nitrogens with one attached hydrogen (secondary N) is 2. The summed E-state index contributed by atoms with van der Waals surface area (Å²) in [7, 11) is 0. The lowest BCUT2D eigenvalue weighted by atomic mass is 10.1. The number of carbonyl (C=O) groups is 1. The second kappa shape index (κ2) is 7.29. The number of carbonyl (C=O) groups excluding carboxylic acids is 1. The van der Waals surface area contributed by atoms with Crippen LogP contribution in [0.4, 0.5) is 5.95 Å². The third kappa shape index (κ3) is 3.91. The number of rotatable bonds is 3. The summed E-state index contributed by atoms with van der Waals surface area (Å²) in [6.45, 7) is 9.52. The average Bonchev–Trinajstić information content (AvgIpc) is 3.28. The minimum Gasteiger partial charge on any atom is -0.348 e. The van der Waals surface area contributed by atoms with Crippen LogP contribution >= 0.6 is 11.3 Å². The molecule has 8 nitrogen and oxygen atoms in total. The SMILES string of the molecule is Cc1ccc(C(=O)NC2CCN(c3nc4c(cnn4C(C)(C)C)c(=O)[nH]3)CC2)s1. The van der Waals surface area contributed by atoms with E-state index in [4.69, 9.17) is 4.98 Å². The maximum absolute atomic E-state index is 12.5. The van der Waals surface area contributed by atoms with Gasteiger partial charge in [-0.25, -0.2) is 4.68 Å². The fourth-order valence-electron chi connectivity index (χ4n) is 3.60. The van der Waals surface area contributed by atoms with Crippen LogP contribution in [-0.4, -0.2) is 44.8 Å². The van der Waals surface area contributed by atoms with E-state index in [0.29, 0.717) is 30.1 Å². The smallest absolute Gasteiger partial charge is 0.263 e. The molecule has 1 fully saturated rings. The molecule has 3 aromatic rings. The van der Waals surface area contributed by atoms with Gasteiger partial charge in [-0.05, 0) is 52.7 Å². The van der Waals surface area contributed by atoms with Crippen molar-refractivity contribution in [1.29, 1.82) is 0 Å². The number of fused-ring (bicyclic) bond motifs is 1. The Morgan fingerprint density at radius 2 is 2.00 bits per heavy atom. The Morgan fingerprint density at radius 1 is 1.28 bits per heavy atom. The Morgan fingerprint density at radius 3 is 2.62 bits per heavy atom. The lowest BCUT2D eigenvalue weighted by Crippen LogP contribution is -2.45. The molecule has 3 aromatic heterocycles. The second-order valence-electron chi connectivity index (χ2n) is 8.50. The molecular weight excluding hydrogens is 388 g/mol. The number of amides is 1. The summed E-state index contributed by atoms with van der Waals surface area (Å²) < 4.78 is 1.79. The molecule has 1 amide bonds. The predicted octanol–water partition coefficient (Wildman–Crippen LogP) is 2.64. The minimum atomic E-state index is -0.267. The first-order valence-corrected chi connectivity index (χ1v) is 10.6. The highest BCUT2D eigenvalue weighted by Gasteiger charge is 2.25. The number of hydrogen-bond donors (Lipinski definition) is 2. The number of nitrogens with zero attached hydrogens (tertiary/aromatic N) is 4. The standard InChI is InChI=1S/C20H26N6O2S/c1-12-5-6-15(29-12)18(28)22-13-7-9-25(10-8-13)19-23-16-14(17(27)24-19)11-21-26(16)20(2,3)4/h5-6,11,13H,7-10H2,1-4H3,(H,22,28)(H,23,24,27). The predicted molar refractivity (Wildman–Crippen MR) is 115 cm³/mol. The van der Waals surface area contributed by atoms with Crippen molar-refractivity contribution in [1.82, 2.24) is 25.1 Å². The average molecular weight is 415 g/mol. The third-order valence-electron chi connectivity index (χ3n) is 5.15. The first-order valence-electron chi connectivity index (χ1n) is 9.83. The first-order chi connectivity index (χ1) is 13.7. The van der Waals surface area contributed by atoms with Crippen LogP contribution in [-0.2, 0) is 5.54 Å². The van der Waals surface area contributed by atoms with Crippen LogP contribution in [0.3, 0.4) is 0 Å². The van der Waals surface area contributed by atoms with E-state index in [-0.39, 0.29) is 23.0 Å². The van der Waals surface area contributed by atoms with E-state index >= 15 is 0 Å². The number of piperidine rings is 1. The fraction of sp³-hybridized carbons (Fsp3) is 0.500. The Bertz CT molecular complexity index is 1100. The molecule has 154 valence electrons. The van der Waals surface area contributed by atoms with E-state index in [1.54, 1.807) is 10.9 Å². The summed E-state index contributed by atoms with van der Waals surface area (Å²) in [6.07, 6.45) is 3.18. The van der Waals surface area contributed by atoms with Crippen molar-refractivity contribution in [2.45, 2.75) is 52.1 Å². The normalized spacial score (nSPS) is 15.8. The topological polar surface area (TPSA) is 95.9 Å². The molecule has 1 aliphatic rings. The molecule has 0 atom stereocenters. The minimum absolute atomic E-state index is 0.0106. The molecule has 0 saturated carbocycles. The Labute approximate surface area is 172 Å². The van der Waals surface area contributed by atoms with Crippen LogP contribution in [0, 0.1) is 6.92 Å². The van der Waals surface area contributed by atoms with Crippen LogP contribution < -0.4 is 15.8 Å². The molecule has 0 aliphatic carbocycles. The van der Waals surface area contributed by atoms with Crippen molar-refractivity contribution >= 4 is 34.2 Å². The van der Waals surface area contributed by atoms with E-state index in [1.165, 1.54) is 11.3 Å². The zero-order chi connectivity index (χ0) is 20.8. The van der Waals surface area contributed by atoms with Crippen molar-refractivity contribution in [3.63, 3.8) is 0 Å². The van der Waals surface area contributed by atoms with Crippen molar-refractivity contribution in [2.75, 3.05) is 18.0 Å². The van der Waals surface area contributed by atoms with E-state index in [1.807, 2.05) is 39.8 Å². The molecule has 29 heavy (non-hydrogen) atoms. The van der Waals surface area contributed by atoms with Crippen LogP contribution in [0.15, 0.2) is 23.1 Å². The van der Waals surface area contributed by atoms with Crippen LogP contribution in [0.1, 0.15) is 48.2 Å². The Hall–Kier alpha value is -2.68. The van der Waals surface area contributed by atoms with Crippen LogP contribution in [0.5, 0.6) is 0 Å². The number of thiophene rings is 1. The summed E-state index contributed by atoms with van der Waals surface area (Å²) in [5.41, 5.74) is 0.153. The lowest BCUT2D eigenvalue weighted by Gasteiger charge is -2.32. The van der Waals surface area contributed by atoms with Gasteiger partial charge < -0.3 is 10.2 Å². The van der Waals surface area contributed by atoms with Gasteiger partial charge in [-0.3, -0.25) is 14.6 Å². The fourth-order valence-corrected chi connectivity index (χ4v) is 4.37. The number of hydrogen-bond acceptors (Lipinski definition) is 6. The highest BCUT2D eigenvalue weighted by atomic mass is 32.1. The summed E-state index contributed by atoms with van der Waals surface area (Å²) in [5, 5.41) is 7.98. The second-order valence-corrected chi connectivity index (χ2v) is 9.79. The van der Waals surface area contributed by atoms with E-state index < -0.39 is 0 Å². The van der Waals surface area contributed by atoms with Gasteiger partial charge in [0.2, 0.25) is 5.95 Å². The molecule has 4 rings (SSSR count). The Kier molecular flexibility index (Phi) is 4.94.